The Balaban J connectivity index is 1.34. The molecule has 3 atom stereocenters. The first-order valence-electron chi connectivity index (χ1n) is 8.35. The summed E-state index contributed by atoms with van der Waals surface area (Å²) in [6.07, 6.45) is 6.74. The highest BCUT2D eigenvalue weighted by molar-refractivity contribution is 5.81. The lowest BCUT2D eigenvalue weighted by molar-refractivity contribution is -0.140. The van der Waals surface area contributed by atoms with E-state index in [0.29, 0.717) is 19.8 Å². The van der Waals surface area contributed by atoms with Crippen molar-refractivity contribution in [2.24, 2.45) is 0 Å². The third-order valence-corrected chi connectivity index (χ3v) is 4.95. The maximum atomic E-state index is 12.5. The molecule has 6 nitrogen and oxygen atoms in total. The zero-order valence-electron chi connectivity index (χ0n) is 13.1. The van der Waals surface area contributed by atoms with Crippen LogP contribution < -0.4 is 4.74 Å². The molecule has 0 aromatic carbocycles. The highest BCUT2D eigenvalue weighted by atomic mass is 16.6. The summed E-state index contributed by atoms with van der Waals surface area (Å²) in [6.45, 7) is 2.67. The van der Waals surface area contributed by atoms with E-state index in [-0.39, 0.29) is 23.7 Å². The Bertz CT molecular complexity index is 561. The molecule has 0 saturated carbocycles. The van der Waals surface area contributed by atoms with E-state index >= 15 is 0 Å². The quantitative estimate of drug-likeness (QED) is 0.843. The van der Waals surface area contributed by atoms with Crippen LogP contribution in [0.5, 0.6) is 5.75 Å². The summed E-state index contributed by atoms with van der Waals surface area (Å²) in [7, 11) is 0. The fourth-order valence-corrected chi connectivity index (χ4v) is 3.78. The van der Waals surface area contributed by atoms with Gasteiger partial charge in [-0.25, -0.2) is 0 Å². The maximum Gasteiger partial charge on any atom is 0.251 e. The standard InChI is InChI=1S/C17H22N2O4/c20-16(15-4-2-8-21-15)19-7-5-17(12-19)9-14(11-22-17)23-13-3-1-6-18-10-13/h1,3,6,10,14-15H,2,4-5,7-9,11-12H2/t14-,15-,17+/m1/s1. The van der Waals surface area contributed by atoms with Crippen molar-refractivity contribution >= 4 is 5.91 Å². The highest BCUT2D eigenvalue weighted by Crippen LogP contribution is 2.37. The fourth-order valence-electron chi connectivity index (χ4n) is 3.78. The van der Waals surface area contributed by atoms with Gasteiger partial charge in [-0.05, 0) is 31.4 Å². The van der Waals surface area contributed by atoms with Crippen LogP contribution in [0.2, 0.25) is 0 Å². The van der Waals surface area contributed by atoms with Crippen LogP contribution in [-0.4, -0.2) is 59.9 Å². The van der Waals surface area contributed by atoms with Gasteiger partial charge in [0.05, 0.1) is 18.4 Å². The van der Waals surface area contributed by atoms with E-state index in [2.05, 4.69) is 4.98 Å². The van der Waals surface area contributed by atoms with Crippen molar-refractivity contribution < 1.29 is 19.0 Å². The third-order valence-electron chi connectivity index (χ3n) is 4.95. The summed E-state index contributed by atoms with van der Waals surface area (Å²) in [5.41, 5.74) is -0.249. The highest BCUT2D eigenvalue weighted by Gasteiger charge is 2.48. The van der Waals surface area contributed by atoms with Crippen LogP contribution in [-0.2, 0) is 14.3 Å². The van der Waals surface area contributed by atoms with Crippen LogP contribution in [0.25, 0.3) is 0 Å². The lowest BCUT2D eigenvalue weighted by Gasteiger charge is -2.24. The van der Waals surface area contributed by atoms with Gasteiger partial charge < -0.3 is 19.1 Å². The smallest absolute Gasteiger partial charge is 0.251 e. The van der Waals surface area contributed by atoms with Crippen LogP contribution in [0.1, 0.15) is 25.7 Å². The Kier molecular flexibility index (Phi) is 3.95. The minimum atomic E-state index is -0.249. The Morgan fingerprint density at radius 3 is 3.22 bits per heavy atom. The van der Waals surface area contributed by atoms with Gasteiger partial charge in [-0.15, -0.1) is 0 Å². The summed E-state index contributed by atoms with van der Waals surface area (Å²) < 4.78 is 17.5. The second-order valence-electron chi connectivity index (χ2n) is 6.64. The number of hydrogen-bond donors (Lipinski definition) is 0. The van der Waals surface area contributed by atoms with Crippen molar-refractivity contribution in [3.63, 3.8) is 0 Å². The number of rotatable bonds is 3. The van der Waals surface area contributed by atoms with Gasteiger partial charge in [-0.1, -0.05) is 0 Å². The van der Waals surface area contributed by atoms with Gasteiger partial charge in [0.25, 0.3) is 5.91 Å². The number of carbonyl (C=O) groups is 1. The summed E-state index contributed by atoms with van der Waals surface area (Å²) in [6, 6.07) is 3.76. The molecular formula is C17H22N2O4. The number of hydrogen-bond acceptors (Lipinski definition) is 5. The van der Waals surface area contributed by atoms with Crippen molar-refractivity contribution in [3.8, 4) is 5.75 Å². The molecule has 23 heavy (non-hydrogen) atoms. The molecule has 0 bridgehead atoms. The molecule has 1 aromatic rings. The van der Waals surface area contributed by atoms with Gasteiger partial charge >= 0.3 is 0 Å². The van der Waals surface area contributed by atoms with E-state index in [9.17, 15) is 4.79 Å². The van der Waals surface area contributed by atoms with Crippen molar-refractivity contribution in [3.05, 3.63) is 24.5 Å². The molecule has 3 saturated heterocycles. The third kappa shape index (κ3) is 3.05. The first kappa shape index (κ1) is 14.9. The van der Waals surface area contributed by atoms with Crippen LogP contribution >= 0.6 is 0 Å². The van der Waals surface area contributed by atoms with E-state index in [4.69, 9.17) is 14.2 Å². The summed E-state index contributed by atoms with van der Waals surface area (Å²) in [4.78, 5) is 18.4. The molecular weight excluding hydrogens is 296 g/mol. The van der Waals surface area contributed by atoms with Crippen LogP contribution in [0.3, 0.4) is 0 Å². The van der Waals surface area contributed by atoms with Crippen LogP contribution in [0.15, 0.2) is 24.5 Å². The first-order chi connectivity index (χ1) is 11.2. The zero-order chi connectivity index (χ0) is 15.7. The molecule has 0 aliphatic carbocycles. The van der Waals surface area contributed by atoms with Crippen LogP contribution in [0.4, 0.5) is 0 Å². The molecule has 1 amide bonds. The number of amides is 1. The van der Waals surface area contributed by atoms with E-state index in [1.54, 1.807) is 12.4 Å². The molecule has 3 fully saturated rings. The van der Waals surface area contributed by atoms with Crippen molar-refractivity contribution in [2.45, 2.75) is 43.5 Å². The molecule has 0 N–H and O–H groups in total. The molecule has 0 radical (unpaired) electrons. The number of nitrogens with zero attached hydrogens (tertiary/aromatic N) is 2. The lowest BCUT2D eigenvalue weighted by atomic mass is 9.98. The predicted molar refractivity (Wildman–Crippen MR) is 82.1 cm³/mol. The summed E-state index contributed by atoms with van der Waals surface area (Å²) in [5, 5.41) is 0. The number of likely N-dealkylation sites (tertiary alicyclic amines) is 1. The second-order valence-corrected chi connectivity index (χ2v) is 6.64. The van der Waals surface area contributed by atoms with E-state index in [1.165, 1.54) is 0 Å². The average Bonchev–Trinajstić information content (AvgIpc) is 3.31. The van der Waals surface area contributed by atoms with Gasteiger partial charge in [0.15, 0.2) is 0 Å². The first-order valence-corrected chi connectivity index (χ1v) is 8.35. The normalized spacial score (nSPS) is 33.5. The van der Waals surface area contributed by atoms with E-state index in [0.717, 1.165) is 38.0 Å². The van der Waals surface area contributed by atoms with Crippen molar-refractivity contribution in [2.75, 3.05) is 26.3 Å². The van der Waals surface area contributed by atoms with Gasteiger partial charge in [-0.3, -0.25) is 9.78 Å². The molecule has 0 unspecified atom stereocenters. The zero-order valence-corrected chi connectivity index (χ0v) is 13.1. The Labute approximate surface area is 135 Å². The molecule has 4 heterocycles. The number of pyridine rings is 1. The summed E-state index contributed by atoms with van der Waals surface area (Å²) >= 11 is 0. The van der Waals surface area contributed by atoms with Gasteiger partial charge in [-0.2, -0.15) is 0 Å². The number of aromatic nitrogens is 1. The molecule has 3 aliphatic rings. The number of ether oxygens (including phenoxy) is 3. The van der Waals surface area contributed by atoms with Gasteiger partial charge in [0, 0.05) is 32.3 Å². The molecule has 3 aliphatic heterocycles. The minimum Gasteiger partial charge on any atom is -0.486 e. The van der Waals surface area contributed by atoms with Crippen LogP contribution in [0, 0.1) is 0 Å². The monoisotopic (exact) mass is 318 g/mol. The SMILES string of the molecule is O=C([C@H]1CCCO1)N1CC[C@]2(C[C@@H](Oc3cccnc3)CO2)C1. The molecule has 1 aromatic heterocycles. The lowest BCUT2D eigenvalue weighted by Crippen LogP contribution is -2.40. The van der Waals surface area contributed by atoms with Crippen molar-refractivity contribution in [1.29, 1.82) is 0 Å². The number of carbonyl (C=O) groups excluding carboxylic acids is 1. The van der Waals surface area contributed by atoms with Gasteiger partial charge in [0.2, 0.25) is 0 Å². The average molecular weight is 318 g/mol. The van der Waals surface area contributed by atoms with E-state index < -0.39 is 0 Å². The largest absolute Gasteiger partial charge is 0.486 e. The minimum absolute atomic E-state index is 0.0250. The maximum absolute atomic E-state index is 12.5. The van der Waals surface area contributed by atoms with Gasteiger partial charge in [0.1, 0.15) is 18.0 Å². The Morgan fingerprint density at radius 1 is 1.48 bits per heavy atom. The fraction of sp³-hybridized carbons (Fsp3) is 0.647. The predicted octanol–water partition coefficient (Wildman–Crippen LogP) is 1.40. The molecule has 4 rings (SSSR count). The van der Waals surface area contributed by atoms with E-state index in [1.807, 2.05) is 17.0 Å². The second kappa shape index (κ2) is 6.09. The summed E-state index contributed by atoms with van der Waals surface area (Å²) in [5.74, 6) is 0.892. The Hall–Kier alpha value is -1.66. The Morgan fingerprint density at radius 2 is 2.43 bits per heavy atom. The topological polar surface area (TPSA) is 60.9 Å². The van der Waals surface area contributed by atoms with Crippen molar-refractivity contribution in [1.82, 2.24) is 9.88 Å². The molecule has 6 heteroatoms. The molecule has 1 spiro atoms. The molecule has 124 valence electrons.